The van der Waals surface area contributed by atoms with Gasteiger partial charge in [0, 0.05) is 28.8 Å². The predicted octanol–water partition coefficient (Wildman–Crippen LogP) is 6.53. The van der Waals surface area contributed by atoms with Gasteiger partial charge in [0.15, 0.2) is 17.1 Å². The number of allylic oxidation sites excluding steroid dienone is 1. The van der Waals surface area contributed by atoms with Crippen molar-refractivity contribution < 1.29 is 19.2 Å². The highest BCUT2D eigenvalue weighted by atomic mass is 35.5. The number of hydrogen-bond donors (Lipinski definition) is 1. The molecule has 7 heteroatoms. The van der Waals surface area contributed by atoms with Gasteiger partial charge < -0.3 is 10.1 Å². The fourth-order valence-electron chi connectivity index (χ4n) is 3.69. The number of ketones is 1. The Bertz CT molecular complexity index is 1030. The lowest BCUT2D eigenvalue weighted by atomic mass is 9.92. The summed E-state index contributed by atoms with van der Waals surface area (Å²) in [4.78, 5) is 30.2. The van der Waals surface area contributed by atoms with Gasteiger partial charge in [0.05, 0.1) is 0 Å². The van der Waals surface area contributed by atoms with Crippen molar-refractivity contribution in [1.82, 2.24) is 5.32 Å². The van der Waals surface area contributed by atoms with Crippen molar-refractivity contribution in [1.29, 1.82) is 0 Å². The molecule has 2 aromatic rings. The largest absolute Gasteiger partial charge is 0.472 e. The van der Waals surface area contributed by atoms with E-state index in [2.05, 4.69) is 17.4 Å². The Kier molecular flexibility index (Phi) is 9.28. The van der Waals surface area contributed by atoms with Crippen LogP contribution >= 0.6 is 11.6 Å². The summed E-state index contributed by atoms with van der Waals surface area (Å²) in [6.45, 7) is 4.40. The molecule has 6 nitrogen and oxygen atoms in total. The molecular formula is C27H31ClN2O4. The maximum atomic E-state index is 12.9. The molecule has 0 radical (unpaired) electrons. The third-order valence-electron chi connectivity index (χ3n) is 5.74. The minimum atomic E-state index is -1.23. The summed E-state index contributed by atoms with van der Waals surface area (Å²) in [6.07, 6.45) is 7.51. The Hall–Kier alpha value is -3.12. The Morgan fingerprint density at radius 3 is 2.41 bits per heavy atom. The lowest BCUT2D eigenvalue weighted by Gasteiger charge is -2.24. The monoisotopic (exact) mass is 482 g/mol. The SMILES string of the molecule is CCCCCCCCNC(=O)O/N=C(\C1=CC(=O)C(C)(c2ccc(Cl)cc2)O1)c1ccccc1. The summed E-state index contributed by atoms with van der Waals surface area (Å²) in [5, 5.41) is 7.35. The van der Waals surface area contributed by atoms with Gasteiger partial charge in [-0.25, -0.2) is 4.79 Å². The van der Waals surface area contributed by atoms with Crippen molar-refractivity contribution in [2.75, 3.05) is 6.54 Å². The molecule has 0 aromatic heterocycles. The molecule has 1 amide bonds. The van der Waals surface area contributed by atoms with Crippen molar-refractivity contribution in [3.05, 3.63) is 82.6 Å². The molecule has 34 heavy (non-hydrogen) atoms. The number of rotatable bonds is 11. The highest BCUT2D eigenvalue weighted by molar-refractivity contribution is 6.30. The number of carbonyl (C=O) groups is 2. The number of nitrogens with zero attached hydrogens (tertiary/aromatic N) is 1. The highest BCUT2D eigenvalue weighted by Crippen LogP contribution is 2.36. The minimum absolute atomic E-state index is 0.234. The van der Waals surface area contributed by atoms with E-state index in [1.165, 1.54) is 25.3 Å². The zero-order valence-electron chi connectivity index (χ0n) is 19.7. The summed E-state index contributed by atoms with van der Waals surface area (Å²) >= 11 is 5.99. The van der Waals surface area contributed by atoms with Crippen molar-refractivity contribution in [2.24, 2.45) is 5.16 Å². The molecule has 1 unspecified atom stereocenters. The van der Waals surface area contributed by atoms with Crippen LogP contribution in [0.15, 0.2) is 71.6 Å². The molecule has 1 aliphatic rings. The second kappa shape index (κ2) is 12.4. The number of carbonyl (C=O) groups excluding carboxylic acids is 2. The number of oxime groups is 1. The van der Waals surface area contributed by atoms with Crippen LogP contribution in [0.1, 0.15) is 63.5 Å². The van der Waals surface area contributed by atoms with Crippen LogP contribution in [-0.4, -0.2) is 24.1 Å². The third kappa shape index (κ3) is 6.70. The molecule has 0 fully saturated rings. The fourth-order valence-corrected chi connectivity index (χ4v) is 3.82. The van der Waals surface area contributed by atoms with E-state index >= 15 is 0 Å². The molecule has 0 saturated carbocycles. The molecular weight excluding hydrogens is 452 g/mol. The predicted molar refractivity (Wildman–Crippen MR) is 134 cm³/mol. The summed E-state index contributed by atoms with van der Waals surface area (Å²) in [5.74, 6) is -0.00153. The Balaban J connectivity index is 1.68. The molecule has 180 valence electrons. The van der Waals surface area contributed by atoms with Gasteiger partial charge in [0.2, 0.25) is 5.78 Å². The summed E-state index contributed by atoms with van der Waals surface area (Å²) < 4.78 is 6.11. The van der Waals surface area contributed by atoms with Crippen molar-refractivity contribution in [2.45, 2.75) is 58.0 Å². The van der Waals surface area contributed by atoms with E-state index in [0.717, 1.165) is 19.3 Å². The molecule has 1 aliphatic heterocycles. The van der Waals surface area contributed by atoms with Crippen LogP contribution in [0.3, 0.4) is 0 Å². The van der Waals surface area contributed by atoms with Crippen LogP contribution in [0.4, 0.5) is 4.79 Å². The third-order valence-corrected chi connectivity index (χ3v) is 5.99. The van der Waals surface area contributed by atoms with Crippen LogP contribution in [0.5, 0.6) is 0 Å². The van der Waals surface area contributed by atoms with Crippen molar-refractivity contribution >= 4 is 29.2 Å². The average Bonchev–Trinajstić information content (AvgIpc) is 3.14. The lowest BCUT2D eigenvalue weighted by molar-refractivity contribution is -0.128. The molecule has 3 rings (SSSR count). The van der Waals surface area contributed by atoms with Gasteiger partial charge in [0.1, 0.15) is 0 Å². The second-order valence-corrected chi connectivity index (χ2v) is 8.83. The van der Waals surface area contributed by atoms with E-state index in [-0.39, 0.29) is 17.3 Å². The van der Waals surface area contributed by atoms with E-state index in [1.807, 2.05) is 30.3 Å². The topological polar surface area (TPSA) is 77.0 Å². The summed E-state index contributed by atoms with van der Waals surface area (Å²) in [6, 6.07) is 16.1. The van der Waals surface area contributed by atoms with Crippen molar-refractivity contribution in [3.8, 4) is 0 Å². The van der Waals surface area contributed by atoms with E-state index in [0.29, 0.717) is 22.7 Å². The van der Waals surface area contributed by atoms with Gasteiger partial charge >= 0.3 is 6.09 Å². The first kappa shape index (κ1) is 25.5. The number of halogens is 1. The summed E-state index contributed by atoms with van der Waals surface area (Å²) in [5.41, 5.74) is 0.361. The summed E-state index contributed by atoms with van der Waals surface area (Å²) in [7, 11) is 0. The Labute approximate surface area is 206 Å². The fraction of sp³-hybridized carbons (Fsp3) is 0.370. The number of hydrogen-bond acceptors (Lipinski definition) is 5. The van der Waals surface area contributed by atoms with Gasteiger partial charge in [0.25, 0.3) is 0 Å². The van der Waals surface area contributed by atoms with Gasteiger partial charge in [-0.2, -0.15) is 0 Å². The van der Waals surface area contributed by atoms with Crippen molar-refractivity contribution in [3.63, 3.8) is 0 Å². The normalized spacial score (nSPS) is 17.8. The van der Waals surface area contributed by atoms with Crippen LogP contribution < -0.4 is 5.32 Å². The average molecular weight is 483 g/mol. The number of ether oxygens (including phenoxy) is 1. The van der Waals surface area contributed by atoms with E-state index in [9.17, 15) is 9.59 Å². The zero-order valence-corrected chi connectivity index (χ0v) is 20.4. The van der Waals surface area contributed by atoms with Gasteiger partial charge in [-0.15, -0.1) is 0 Å². The first-order chi connectivity index (χ1) is 16.4. The maximum Gasteiger partial charge on any atom is 0.433 e. The molecule has 0 bridgehead atoms. The molecule has 1 atom stereocenters. The van der Waals surface area contributed by atoms with Gasteiger partial charge in [-0.05, 0) is 25.5 Å². The zero-order chi connectivity index (χ0) is 24.4. The first-order valence-electron chi connectivity index (χ1n) is 11.7. The van der Waals surface area contributed by atoms with E-state index in [1.54, 1.807) is 31.2 Å². The lowest BCUT2D eigenvalue weighted by Crippen LogP contribution is -2.30. The van der Waals surface area contributed by atoms with Gasteiger partial charge in [-0.3, -0.25) is 9.63 Å². The molecule has 2 aromatic carbocycles. The smallest absolute Gasteiger partial charge is 0.433 e. The standard InChI is InChI=1S/C27H31ClN2O4/c1-3-4-5-6-7-11-18-29-26(32)34-30-25(20-12-9-8-10-13-20)23-19-24(31)27(2,33-23)21-14-16-22(28)17-15-21/h8-10,12-17,19H,3-7,11,18H2,1-2H3,(H,29,32)/b30-25-. The Morgan fingerprint density at radius 1 is 1.03 bits per heavy atom. The minimum Gasteiger partial charge on any atom is -0.472 e. The second-order valence-electron chi connectivity index (χ2n) is 8.39. The van der Waals surface area contributed by atoms with E-state index < -0.39 is 11.7 Å². The Morgan fingerprint density at radius 2 is 1.71 bits per heavy atom. The van der Waals surface area contributed by atoms with E-state index in [4.69, 9.17) is 21.2 Å². The van der Waals surface area contributed by atoms with Crippen LogP contribution in [0.25, 0.3) is 0 Å². The maximum absolute atomic E-state index is 12.9. The van der Waals surface area contributed by atoms with Crippen LogP contribution in [0.2, 0.25) is 5.02 Å². The number of nitrogens with one attached hydrogen (secondary N) is 1. The molecule has 0 spiro atoms. The van der Waals surface area contributed by atoms with Gasteiger partial charge in [-0.1, -0.05) is 98.2 Å². The molecule has 0 aliphatic carbocycles. The quantitative estimate of drug-likeness (QED) is 0.171. The number of benzene rings is 2. The van der Waals surface area contributed by atoms with Crippen LogP contribution in [-0.2, 0) is 20.0 Å². The molecule has 0 saturated heterocycles. The van der Waals surface area contributed by atoms with Crippen LogP contribution in [0, 0.1) is 0 Å². The highest BCUT2D eigenvalue weighted by Gasteiger charge is 2.43. The molecule has 1 heterocycles. The number of amides is 1. The molecule has 1 N–H and O–H groups in total. The number of unbranched alkanes of at least 4 members (excludes halogenated alkanes) is 5. The first-order valence-corrected chi connectivity index (χ1v) is 12.1.